The van der Waals surface area contributed by atoms with Crippen molar-refractivity contribution in [2.75, 3.05) is 0 Å². The number of Topliss-reactive ketones (excluding diaryl/α,β-unsaturated/α-hetero) is 1. The summed E-state index contributed by atoms with van der Waals surface area (Å²) in [7, 11) is 0. The van der Waals surface area contributed by atoms with E-state index in [4.69, 9.17) is 10.4 Å². The first-order valence-electron chi connectivity index (χ1n) is 8.91. The summed E-state index contributed by atoms with van der Waals surface area (Å²) in [6.07, 6.45) is 0.675. The van der Waals surface area contributed by atoms with E-state index < -0.39 is 5.60 Å². The third-order valence-corrected chi connectivity index (χ3v) is 4.48. The van der Waals surface area contributed by atoms with Gasteiger partial charge in [-0.25, -0.2) is 0 Å². The Bertz CT molecular complexity index is 865. The molecule has 0 aliphatic rings. The van der Waals surface area contributed by atoms with Gasteiger partial charge in [-0.15, -0.1) is 0 Å². The topological polar surface area (TPSA) is 78.9 Å². The Morgan fingerprint density at radius 1 is 1.35 bits per heavy atom. The third kappa shape index (κ3) is 4.20. The molecule has 1 N–H and O–H groups in total. The fraction of sp³-hybridized carbons (Fsp3) is 0.476. The van der Waals surface area contributed by atoms with Gasteiger partial charge in [0.1, 0.15) is 5.69 Å². The molecule has 1 aromatic heterocycles. The average molecular weight is 353 g/mol. The van der Waals surface area contributed by atoms with Gasteiger partial charge in [0.2, 0.25) is 0 Å². The molecule has 1 aromatic carbocycles. The van der Waals surface area contributed by atoms with Gasteiger partial charge >= 0.3 is 0 Å². The summed E-state index contributed by atoms with van der Waals surface area (Å²) >= 11 is 0. The van der Waals surface area contributed by atoms with Gasteiger partial charge in [0, 0.05) is 23.6 Å². The largest absolute Gasteiger partial charge is 0.390 e. The van der Waals surface area contributed by atoms with Crippen LogP contribution in [-0.2, 0) is 0 Å². The number of aliphatic hydroxyl groups is 1. The second-order valence-electron chi connectivity index (χ2n) is 7.74. The summed E-state index contributed by atoms with van der Waals surface area (Å²) in [4.78, 5) is 12.8. The SMILES string of the molecule is Cc1cc(-c2nn(C(C)C)c(C(=O)CCC(C)(C)O)c2C)ccc1C#N. The number of nitrogens with zero attached hydrogens (tertiary/aromatic N) is 3. The monoisotopic (exact) mass is 353 g/mol. The van der Waals surface area contributed by atoms with E-state index >= 15 is 0 Å². The molecule has 2 rings (SSSR count). The molecular weight excluding hydrogens is 326 g/mol. The van der Waals surface area contributed by atoms with E-state index in [1.54, 1.807) is 24.6 Å². The standard InChI is InChI=1S/C21H27N3O2/c1-13(2)24-20(18(25)9-10-21(5,6)26)15(4)19(23-24)16-7-8-17(12-22)14(3)11-16/h7-8,11,13,26H,9-10H2,1-6H3. The molecule has 0 spiro atoms. The lowest BCUT2D eigenvalue weighted by Crippen LogP contribution is -2.21. The van der Waals surface area contributed by atoms with Crippen molar-refractivity contribution in [1.29, 1.82) is 5.26 Å². The van der Waals surface area contributed by atoms with Crippen LogP contribution < -0.4 is 0 Å². The van der Waals surface area contributed by atoms with Crippen LogP contribution in [0.4, 0.5) is 0 Å². The van der Waals surface area contributed by atoms with Gasteiger partial charge in [-0.3, -0.25) is 9.48 Å². The Hall–Kier alpha value is -2.45. The van der Waals surface area contributed by atoms with Crippen LogP contribution in [0.5, 0.6) is 0 Å². The first-order chi connectivity index (χ1) is 12.0. The quantitative estimate of drug-likeness (QED) is 0.783. The summed E-state index contributed by atoms with van der Waals surface area (Å²) in [5.74, 6) is -0.0116. The normalized spacial score (nSPS) is 11.7. The second-order valence-corrected chi connectivity index (χ2v) is 7.74. The van der Waals surface area contributed by atoms with Crippen LogP contribution in [-0.4, -0.2) is 26.3 Å². The van der Waals surface area contributed by atoms with E-state index in [0.717, 1.165) is 22.4 Å². The fourth-order valence-electron chi connectivity index (χ4n) is 2.98. The molecule has 0 radical (unpaired) electrons. The van der Waals surface area contributed by atoms with Crippen molar-refractivity contribution in [2.24, 2.45) is 0 Å². The fourth-order valence-corrected chi connectivity index (χ4v) is 2.98. The number of rotatable bonds is 6. The average Bonchev–Trinajstić information content (AvgIpc) is 2.89. The molecule has 0 unspecified atom stereocenters. The van der Waals surface area contributed by atoms with Gasteiger partial charge < -0.3 is 5.11 Å². The Labute approximate surface area is 155 Å². The minimum Gasteiger partial charge on any atom is -0.390 e. The van der Waals surface area contributed by atoms with Crippen LogP contribution in [0.3, 0.4) is 0 Å². The molecule has 0 aliphatic carbocycles. The van der Waals surface area contributed by atoms with E-state index in [1.165, 1.54) is 0 Å². The molecule has 138 valence electrons. The highest BCUT2D eigenvalue weighted by Gasteiger charge is 2.24. The maximum atomic E-state index is 12.8. The minimum atomic E-state index is -0.876. The zero-order chi connectivity index (χ0) is 19.6. The first kappa shape index (κ1) is 19.9. The van der Waals surface area contributed by atoms with Crippen molar-refractivity contribution >= 4 is 5.78 Å². The molecule has 26 heavy (non-hydrogen) atoms. The number of benzene rings is 1. The van der Waals surface area contributed by atoms with E-state index in [-0.39, 0.29) is 18.2 Å². The molecule has 0 atom stereocenters. The molecule has 0 amide bonds. The maximum absolute atomic E-state index is 12.8. The van der Waals surface area contributed by atoms with E-state index in [1.807, 2.05) is 39.8 Å². The molecule has 0 saturated heterocycles. The zero-order valence-electron chi connectivity index (χ0n) is 16.4. The number of hydrogen-bond donors (Lipinski definition) is 1. The van der Waals surface area contributed by atoms with Crippen molar-refractivity contribution in [2.45, 2.75) is 66.0 Å². The van der Waals surface area contributed by atoms with E-state index in [0.29, 0.717) is 17.7 Å². The zero-order valence-corrected chi connectivity index (χ0v) is 16.4. The minimum absolute atomic E-state index is 0.0116. The van der Waals surface area contributed by atoms with Crippen LogP contribution in [0.2, 0.25) is 0 Å². The molecule has 5 nitrogen and oxygen atoms in total. The van der Waals surface area contributed by atoms with Crippen molar-refractivity contribution in [3.05, 3.63) is 40.6 Å². The Morgan fingerprint density at radius 3 is 2.50 bits per heavy atom. The number of ketones is 1. The highest BCUT2D eigenvalue weighted by molar-refractivity contribution is 5.97. The van der Waals surface area contributed by atoms with Crippen molar-refractivity contribution < 1.29 is 9.90 Å². The van der Waals surface area contributed by atoms with Crippen LogP contribution in [0, 0.1) is 25.2 Å². The molecule has 0 saturated carbocycles. The highest BCUT2D eigenvalue weighted by Crippen LogP contribution is 2.29. The number of nitriles is 1. The molecule has 5 heteroatoms. The van der Waals surface area contributed by atoms with Crippen LogP contribution >= 0.6 is 0 Å². The van der Waals surface area contributed by atoms with Crippen molar-refractivity contribution in [1.82, 2.24) is 9.78 Å². The predicted octanol–water partition coefficient (Wildman–Crippen LogP) is 4.35. The van der Waals surface area contributed by atoms with Gasteiger partial charge in [0.15, 0.2) is 5.78 Å². The lowest BCUT2D eigenvalue weighted by molar-refractivity contribution is 0.0629. The number of aryl methyl sites for hydroxylation is 1. The predicted molar refractivity (Wildman–Crippen MR) is 102 cm³/mol. The van der Waals surface area contributed by atoms with Gasteiger partial charge in [-0.2, -0.15) is 10.4 Å². The summed E-state index contributed by atoms with van der Waals surface area (Å²) in [5.41, 5.74) is 3.74. The number of aromatic nitrogens is 2. The van der Waals surface area contributed by atoms with Crippen molar-refractivity contribution in [3.63, 3.8) is 0 Å². The van der Waals surface area contributed by atoms with Gasteiger partial charge in [-0.05, 0) is 65.7 Å². The number of carbonyl (C=O) groups excluding carboxylic acids is 1. The maximum Gasteiger partial charge on any atom is 0.181 e. The number of hydrogen-bond acceptors (Lipinski definition) is 4. The van der Waals surface area contributed by atoms with Gasteiger partial charge in [0.25, 0.3) is 0 Å². The lowest BCUT2D eigenvalue weighted by atomic mass is 9.97. The summed E-state index contributed by atoms with van der Waals surface area (Å²) in [6.45, 7) is 11.2. The third-order valence-electron chi connectivity index (χ3n) is 4.48. The summed E-state index contributed by atoms with van der Waals surface area (Å²) in [6, 6.07) is 7.81. The molecule has 1 heterocycles. The van der Waals surface area contributed by atoms with Crippen molar-refractivity contribution in [3.8, 4) is 17.3 Å². The summed E-state index contributed by atoms with van der Waals surface area (Å²) < 4.78 is 1.77. The second kappa shape index (κ2) is 7.43. The van der Waals surface area contributed by atoms with E-state index in [2.05, 4.69) is 6.07 Å². The molecule has 0 fully saturated rings. The van der Waals surface area contributed by atoms with Gasteiger partial charge in [0.05, 0.1) is 22.9 Å². The van der Waals surface area contributed by atoms with Crippen LogP contribution in [0.15, 0.2) is 18.2 Å². The molecular formula is C21H27N3O2. The summed E-state index contributed by atoms with van der Waals surface area (Å²) in [5, 5.41) is 23.7. The van der Waals surface area contributed by atoms with Crippen LogP contribution in [0.1, 0.15) is 73.8 Å². The Morgan fingerprint density at radius 2 is 2.00 bits per heavy atom. The Balaban J connectivity index is 2.49. The van der Waals surface area contributed by atoms with E-state index in [9.17, 15) is 9.90 Å². The van der Waals surface area contributed by atoms with Gasteiger partial charge in [-0.1, -0.05) is 6.07 Å². The smallest absolute Gasteiger partial charge is 0.181 e. The molecule has 0 aliphatic heterocycles. The molecule has 2 aromatic rings. The Kier molecular flexibility index (Phi) is 5.68. The lowest BCUT2D eigenvalue weighted by Gasteiger charge is -2.17. The number of carbonyl (C=O) groups is 1. The highest BCUT2D eigenvalue weighted by atomic mass is 16.3. The van der Waals surface area contributed by atoms with Crippen LogP contribution in [0.25, 0.3) is 11.3 Å². The first-order valence-corrected chi connectivity index (χ1v) is 8.91. The molecule has 0 bridgehead atoms.